The summed E-state index contributed by atoms with van der Waals surface area (Å²) in [4.78, 5) is 12.2. The van der Waals surface area contributed by atoms with Crippen LogP contribution < -0.4 is 0 Å². The third kappa shape index (κ3) is 3.67. The van der Waals surface area contributed by atoms with Crippen LogP contribution in [-0.2, 0) is 11.2 Å². The summed E-state index contributed by atoms with van der Waals surface area (Å²) in [7, 11) is 0. The number of thioether (sulfide) groups is 2. The van der Waals surface area contributed by atoms with E-state index in [2.05, 4.69) is 6.92 Å². The molecule has 0 aliphatic carbocycles. The number of hydrogen-bond donors (Lipinski definition) is 0. The largest absolute Gasteiger partial charge is 0.298 e. The lowest BCUT2D eigenvalue weighted by Crippen LogP contribution is -2.32. The molecule has 0 saturated carbocycles. The van der Waals surface area contributed by atoms with Gasteiger partial charge >= 0.3 is 0 Å². The molecule has 92 valence electrons. The molecule has 0 bridgehead atoms. The van der Waals surface area contributed by atoms with E-state index in [1.807, 2.05) is 36.0 Å². The molecule has 2 atom stereocenters. The molecule has 1 aliphatic heterocycles. The molecule has 17 heavy (non-hydrogen) atoms. The molecule has 1 saturated heterocycles. The highest BCUT2D eigenvalue weighted by atomic mass is 35.5. The van der Waals surface area contributed by atoms with Crippen molar-refractivity contribution in [1.82, 2.24) is 0 Å². The number of carbonyl (C=O) groups is 1. The van der Waals surface area contributed by atoms with Crippen molar-refractivity contribution < 1.29 is 4.79 Å². The molecule has 4 heteroatoms. The van der Waals surface area contributed by atoms with E-state index in [1.165, 1.54) is 0 Å². The molecule has 1 heterocycles. The minimum atomic E-state index is 0.157. The van der Waals surface area contributed by atoms with Gasteiger partial charge in [0, 0.05) is 28.2 Å². The normalized spacial score (nSPS) is 24.6. The van der Waals surface area contributed by atoms with E-state index in [4.69, 9.17) is 11.6 Å². The van der Waals surface area contributed by atoms with Crippen LogP contribution in [0.1, 0.15) is 12.5 Å². The standard InChI is InChI=1S/C13H15ClOS2/c1-9-13(17-7-6-16-9)12(15)8-10-2-4-11(14)5-3-10/h2-5,9,13H,6-8H2,1H3. The topological polar surface area (TPSA) is 17.1 Å². The maximum absolute atomic E-state index is 12.2. The summed E-state index contributed by atoms with van der Waals surface area (Å²) in [6.07, 6.45) is 0.528. The van der Waals surface area contributed by atoms with Gasteiger partial charge in [-0.2, -0.15) is 11.8 Å². The molecule has 0 aromatic heterocycles. The number of carbonyl (C=O) groups excluding carboxylic acids is 1. The summed E-state index contributed by atoms with van der Waals surface area (Å²) in [6, 6.07) is 7.56. The zero-order chi connectivity index (χ0) is 12.3. The predicted molar refractivity (Wildman–Crippen MR) is 78.3 cm³/mol. The monoisotopic (exact) mass is 286 g/mol. The number of rotatable bonds is 3. The van der Waals surface area contributed by atoms with E-state index in [9.17, 15) is 4.79 Å². The molecule has 1 nitrogen and oxygen atoms in total. The molecule has 1 fully saturated rings. The molecule has 1 aromatic rings. The zero-order valence-corrected chi connectivity index (χ0v) is 12.1. The fraction of sp³-hybridized carbons (Fsp3) is 0.462. The van der Waals surface area contributed by atoms with E-state index in [0.29, 0.717) is 17.5 Å². The number of hydrogen-bond acceptors (Lipinski definition) is 3. The van der Waals surface area contributed by atoms with E-state index in [-0.39, 0.29) is 5.25 Å². The Morgan fingerprint density at radius 1 is 1.29 bits per heavy atom. The predicted octanol–water partition coefficient (Wildman–Crippen LogP) is 3.69. The Bertz CT molecular complexity index is 391. The summed E-state index contributed by atoms with van der Waals surface area (Å²) in [5.41, 5.74) is 1.06. The Hall–Kier alpha value is -0.120. The van der Waals surface area contributed by atoms with Crippen molar-refractivity contribution in [2.75, 3.05) is 11.5 Å². The third-order valence-electron chi connectivity index (χ3n) is 2.80. The summed E-state index contributed by atoms with van der Waals surface area (Å²) in [6.45, 7) is 2.15. The first-order valence-electron chi connectivity index (χ1n) is 5.67. The minimum Gasteiger partial charge on any atom is -0.298 e. The molecular formula is C13H15ClOS2. The van der Waals surface area contributed by atoms with Gasteiger partial charge in [0.1, 0.15) is 0 Å². The van der Waals surface area contributed by atoms with Gasteiger partial charge in [-0.05, 0) is 17.7 Å². The summed E-state index contributed by atoms with van der Waals surface area (Å²) in [5.74, 6) is 2.60. The van der Waals surface area contributed by atoms with Gasteiger partial charge in [-0.25, -0.2) is 0 Å². The number of benzene rings is 1. The van der Waals surface area contributed by atoms with Gasteiger partial charge in [0.15, 0.2) is 5.78 Å². The summed E-state index contributed by atoms with van der Waals surface area (Å²) >= 11 is 9.54. The first kappa shape index (κ1) is 13.3. The number of ketones is 1. The molecule has 0 amide bonds. The summed E-state index contributed by atoms with van der Waals surface area (Å²) in [5, 5.41) is 1.31. The average Bonchev–Trinajstić information content (AvgIpc) is 2.32. The number of Topliss-reactive ketones (excluding diaryl/α,β-unsaturated/α-hetero) is 1. The van der Waals surface area contributed by atoms with Crippen LogP contribution in [0.15, 0.2) is 24.3 Å². The lowest BCUT2D eigenvalue weighted by Gasteiger charge is -2.26. The fourth-order valence-corrected chi connectivity index (χ4v) is 4.75. The van der Waals surface area contributed by atoms with Crippen molar-refractivity contribution in [3.8, 4) is 0 Å². The summed E-state index contributed by atoms with van der Waals surface area (Å²) < 4.78 is 0. The highest BCUT2D eigenvalue weighted by molar-refractivity contribution is 8.07. The lowest BCUT2D eigenvalue weighted by atomic mass is 10.1. The van der Waals surface area contributed by atoms with Gasteiger partial charge in [0.25, 0.3) is 0 Å². The molecule has 1 aliphatic rings. The van der Waals surface area contributed by atoms with Crippen LogP contribution in [0.25, 0.3) is 0 Å². The molecule has 0 spiro atoms. The van der Waals surface area contributed by atoms with Crippen LogP contribution in [0.2, 0.25) is 5.02 Å². The molecule has 2 unspecified atom stereocenters. The molecule has 1 aromatic carbocycles. The smallest absolute Gasteiger partial charge is 0.151 e. The highest BCUT2D eigenvalue weighted by Crippen LogP contribution is 2.32. The molecular weight excluding hydrogens is 272 g/mol. The quantitative estimate of drug-likeness (QED) is 0.844. The van der Waals surface area contributed by atoms with Crippen molar-refractivity contribution in [3.63, 3.8) is 0 Å². The maximum Gasteiger partial charge on any atom is 0.151 e. The second kappa shape index (κ2) is 6.17. The Morgan fingerprint density at radius 2 is 1.94 bits per heavy atom. The Balaban J connectivity index is 1.98. The van der Waals surface area contributed by atoms with Crippen LogP contribution >= 0.6 is 35.1 Å². The van der Waals surface area contributed by atoms with Crippen LogP contribution in [0.5, 0.6) is 0 Å². The van der Waals surface area contributed by atoms with Crippen molar-refractivity contribution in [2.24, 2.45) is 0 Å². The van der Waals surface area contributed by atoms with E-state index in [0.717, 1.165) is 22.1 Å². The van der Waals surface area contributed by atoms with Gasteiger partial charge in [-0.1, -0.05) is 30.7 Å². The first-order valence-corrected chi connectivity index (χ1v) is 8.15. The van der Waals surface area contributed by atoms with Crippen molar-refractivity contribution >= 4 is 40.9 Å². The van der Waals surface area contributed by atoms with Crippen molar-refractivity contribution in [1.29, 1.82) is 0 Å². The highest BCUT2D eigenvalue weighted by Gasteiger charge is 2.28. The molecule has 0 N–H and O–H groups in total. The second-order valence-electron chi connectivity index (χ2n) is 4.14. The van der Waals surface area contributed by atoms with Gasteiger partial charge < -0.3 is 0 Å². The molecule has 0 radical (unpaired) electrons. The van der Waals surface area contributed by atoms with Gasteiger partial charge in [-0.15, -0.1) is 11.8 Å². The Labute approximate surface area is 116 Å². The lowest BCUT2D eigenvalue weighted by molar-refractivity contribution is -0.117. The average molecular weight is 287 g/mol. The zero-order valence-electron chi connectivity index (χ0n) is 9.69. The Kier molecular flexibility index (Phi) is 4.83. The van der Waals surface area contributed by atoms with Crippen LogP contribution in [0, 0.1) is 0 Å². The van der Waals surface area contributed by atoms with E-state index >= 15 is 0 Å². The number of halogens is 1. The van der Waals surface area contributed by atoms with Crippen LogP contribution in [0.3, 0.4) is 0 Å². The van der Waals surface area contributed by atoms with Crippen molar-refractivity contribution in [2.45, 2.75) is 23.8 Å². The van der Waals surface area contributed by atoms with E-state index in [1.54, 1.807) is 11.8 Å². The second-order valence-corrected chi connectivity index (χ2v) is 7.31. The van der Waals surface area contributed by atoms with Gasteiger partial charge in [-0.3, -0.25) is 4.79 Å². The van der Waals surface area contributed by atoms with Gasteiger partial charge in [0.05, 0.1) is 5.25 Å². The SMILES string of the molecule is CC1SCCSC1C(=O)Cc1ccc(Cl)cc1. The van der Waals surface area contributed by atoms with Crippen molar-refractivity contribution in [3.05, 3.63) is 34.9 Å². The first-order chi connectivity index (χ1) is 8.16. The third-order valence-corrected chi connectivity index (χ3v) is 6.19. The van der Waals surface area contributed by atoms with E-state index < -0.39 is 0 Å². The fourth-order valence-electron chi connectivity index (χ4n) is 1.89. The Morgan fingerprint density at radius 3 is 2.59 bits per heavy atom. The van der Waals surface area contributed by atoms with Gasteiger partial charge in [0.2, 0.25) is 0 Å². The molecule has 2 rings (SSSR count). The minimum absolute atomic E-state index is 0.157. The van der Waals surface area contributed by atoms with Crippen LogP contribution in [-0.4, -0.2) is 27.8 Å². The maximum atomic E-state index is 12.2. The van der Waals surface area contributed by atoms with Crippen LogP contribution in [0.4, 0.5) is 0 Å².